The second-order valence-electron chi connectivity index (χ2n) is 5.73. The molecule has 0 aliphatic carbocycles. The molecule has 0 bridgehead atoms. The first-order valence-electron chi connectivity index (χ1n) is 8.70. The number of rotatable bonds is 8. The molecule has 0 spiro atoms. The number of benzene rings is 2. The van der Waals surface area contributed by atoms with E-state index in [1.807, 2.05) is 13.8 Å². The van der Waals surface area contributed by atoms with Gasteiger partial charge in [-0.1, -0.05) is 6.92 Å². The molecule has 0 fully saturated rings. The van der Waals surface area contributed by atoms with Gasteiger partial charge in [0.1, 0.15) is 0 Å². The summed E-state index contributed by atoms with van der Waals surface area (Å²) in [6.45, 7) is 4.99. The molecule has 2 aromatic carbocycles. The minimum atomic E-state index is -0.290. The van der Waals surface area contributed by atoms with E-state index in [9.17, 15) is 9.59 Å². The van der Waals surface area contributed by atoms with Crippen LogP contribution in [0.4, 0.5) is 5.69 Å². The molecule has 0 aromatic heterocycles. The number of nitrogens with one attached hydrogen (secondary N) is 2. The van der Waals surface area contributed by atoms with Gasteiger partial charge in [-0.3, -0.25) is 9.59 Å². The molecule has 7 heteroatoms. The molecule has 2 rings (SSSR count). The molecule has 0 radical (unpaired) electrons. The van der Waals surface area contributed by atoms with Gasteiger partial charge in [-0.05, 0) is 65.7 Å². The second kappa shape index (κ2) is 9.97. The molecule has 2 aromatic rings. The van der Waals surface area contributed by atoms with E-state index < -0.39 is 0 Å². The first-order valence-corrected chi connectivity index (χ1v) is 9.49. The summed E-state index contributed by atoms with van der Waals surface area (Å²) in [5, 5.41) is 5.54. The molecule has 0 saturated heterocycles. The van der Waals surface area contributed by atoms with Crippen LogP contribution in [0, 0.1) is 0 Å². The fraction of sp³-hybridized carbons (Fsp3) is 0.300. The van der Waals surface area contributed by atoms with Gasteiger partial charge in [0.05, 0.1) is 18.2 Å². The monoisotopic (exact) mass is 434 g/mol. The maximum atomic E-state index is 12.6. The van der Waals surface area contributed by atoms with Gasteiger partial charge in [-0.25, -0.2) is 0 Å². The van der Waals surface area contributed by atoms with Crippen molar-refractivity contribution in [3.63, 3.8) is 0 Å². The summed E-state index contributed by atoms with van der Waals surface area (Å²) >= 11 is 3.43. The van der Waals surface area contributed by atoms with Crippen molar-refractivity contribution < 1.29 is 19.1 Å². The largest absolute Gasteiger partial charge is 0.493 e. The zero-order valence-electron chi connectivity index (χ0n) is 15.6. The van der Waals surface area contributed by atoms with Crippen molar-refractivity contribution in [3.8, 4) is 11.5 Å². The van der Waals surface area contributed by atoms with Crippen LogP contribution in [0.15, 0.2) is 40.9 Å². The standard InChI is InChI=1S/C20H23BrN2O4/c1-4-10-27-18-16(21)11-14(12-17(18)26-3)20(25)23-15-8-6-13(7-9-15)19(24)22-5-2/h6-9,11-12H,4-5,10H2,1-3H3,(H,22,24)(H,23,25). The Bertz CT molecular complexity index is 806. The minimum absolute atomic E-state index is 0.147. The van der Waals surface area contributed by atoms with Crippen molar-refractivity contribution in [2.45, 2.75) is 20.3 Å². The highest BCUT2D eigenvalue weighted by Crippen LogP contribution is 2.37. The fourth-order valence-corrected chi connectivity index (χ4v) is 2.92. The Morgan fingerprint density at radius 2 is 1.74 bits per heavy atom. The first kappa shape index (κ1) is 20.8. The van der Waals surface area contributed by atoms with Crippen molar-refractivity contribution in [3.05, 3.63) is 52.0 Å². The smallest absolute Gasteiger partial charge is 0.255 e. The van der Waals surface area contributed by atoms with Crippen molar-refractivity contribution >= 4 is 33.4 Å². The van der Waals surface area contributed by atoms with E-state index in [4.69, 9.17) is 9.47 Å². The highest BCUT2D eigenvalue weighted by molar-refractivity contribution is 9.10. The summed E-state index contributed by atoms with van der Waals surface area (Å²) in [6.07, 6.45) is 0.865. The molecule has 0 heterocycles. The SMILES string of the molecule is CCCOc1c(Br)cc(C(=O)Nc2ccc(C(=O)NCC)cc2)cc1OC. The van der Waals surface area contributed by atoms with Crippen LogP contribution in [0.25, 0.3) is 0 Å². The minimum Gasteiger partial charge on any atom is -0.493 e. The average Bonchev–Trinajstić information content (AvgIpc) is 2.67. The van der Waals surface area contributed by atoms with Crippen LogP contribution in [-0.4, -0.2) is 32.1 Å². The molecular formula is C20H23BrN2O4. The summed E-state index contributed by atoms with van der Waals surface area (Å²) in [7, 11) is 1.53. The van der Waals surface area contributed by atoms with Crippen LogP contribution in [0.1, 0.15) is 41.0 Å². The summed E-state index contributed by atoms with van der Waals surface area (Å²) in [5.74, 6) is 0.616. The van der Waals surface area contributed by atoms with Crippen molar-refractivity contribution in [1.29, 1.82) is 0 Å². The predicted octanol–water partition coefficient (Wildman–Crippen LogP) is 4.25. The summed E-state index contributed by atoms with van der Waals surface area (Å²) in [6, 6.07) is 10.0. The zero-order valence-corrected chi connectivity index (χ0v) is 17.2. The van der Waals surface area contributed by atoms with Crippen LogP contribution in [0.5, 0.6) is 11.5 Å². The Balaban J connectivity index is 2.15. The molecule has 27 heavy (non-hydrogen) atoms. The quantitative estimate of drug-likeness (QED) is 0.650. The Morgan fingerprint density at radius 3 is 2.33 bits per heavy atom. The maximum Gasteiger partial charge on any atom is 0.255 e. The topological polar surface area (TPSA) is 76.7 Å². The number of halogens is 1. The van der Waals surface area contributed by atoms with E-state index >= 15 is 0 Å². The van der Waals surface area contributed by atoms with Crippen molar-refractivity contribution in [2.24, 2.45) is 0 Å². The van der Waals surface area contributed by atoms with E-state index in [2.05, 4.69) is 26.6 Å². The van der Waals surface area contributed by atoms with Crippen LogP contribution in [-0.2, 0) is 0 Å². The molecular weight excluding hydrogens is 412 g/mol. The van der Waals surface area contributed by atoms with Gasteiger partial charge in [-0.2, -0.15) is 0 Å². The number of anilines is 1. The number of hydrogen-bond acceptors (Lipinski definition) is 4. The van der Waals surface area contributed by atoms with E-state index in [-0.39, 0.29) is 11.8 Å². The second-order valence-corrected chi connectivity index (χ2v) is 6.58. The van der Waals surface area contributed by atoms with Crippen LogP contribution in [0.2, 0.25) is 0 Å². The Kier molecular flexibility index (Phi) is 7.67. The first-order chi connectivity index (χ1) is 13.0. The maximum absolute atomic E-state index is 12.6. The summed E-state index contributed by atoms with van der Waals surface area (Å²) < 4.78 is 11.7. The van der Waals surface area contributed by atoms with Gasteiger partial charge in [0.15, 0.2) is 11.5 Å². The normalized spacial score (nSPS) is 10.2. The number of amides is 2. The molecule has 2 N–H and O–H groups in total. The number of ether oxygens (including phenoxy) is 2. The number of hydrogen-bond donors (Lipinski definition) is 2. The lowest BCUT2D eigenvalue weighted by atomic mass is 10.1. The van der Waals surface area contributed by atoms with E-state index in [1.54, 1.807) is 36.4 Å². The number of methoxy groups -OCH3 is 1. The lowest BCUT2D eigenvalue weighted by Gasteiger charge is -2.14. The van der Waals surface area contributed by atoms with Crippen LogP contribution in [0.3, 0.4) is 0 Å². The van der Waals surface area contributed by atoms with Crippen molar-refractivity contribution in [2.75, 3.05) is 25.6 Å². The number of carbonyl (C=O) groups excluding carboxylic acids is 2. The van der Waals surface area contributed by atoms with Gasteiger partial charge in [-0.15, -0.1) is 0 Å². The number of carbonyl (C=O) groups is 2. The Morgan fingerprint density at radius 1 is 1.04 bits per heavy atom. The predicted molar refractivity (Wildman–Crippen MR) is 109 cm³/mol. The Hall–Kier alpha value is -2.54. The highest BCUT2D eigenvalue weighted by Gasteiger charge is 2.16. The lowest BCUT2D eigenvalue weighted by molar-refractivity contribution is 0.0955. The lowest BCUT2D eigenvalue weighted by Crippen LogP contribution is -2.22. The van der Waals surface area contributed by atoms with Gasteiger partial charge >= 0.3 is 0 Å². The summed E-state index contributed by atoms with van der Waals surface area (Å²) in [5.41, 5.74) is 1.56. The van der Waals surface area contributed by atoms with Gasteiger partial charge in [0.2, 0.25) is 0 Å². The summed E-state index contributed by atoms with van der Waals surface area (Å²) in [4.78, 5) is 24.4. The molecule has 0 unspecified atom stereocenters. The molecule has 0 aliphatic rings. The van der Waals surface area contributed by atoms with Crippen molar-refractivity contribution in [1.82, 2.24) is 5.32 Å². The van der Waals surface area contributed by atoms with Crippen LogP contribution >= 0.6 is 15.9 Å². The van der Waals surface area contributed by atoms with Gasteiger partial charge in [0.25, 0.3) is 11.8 Å². The zero-order chi connectivity index (χ0) is 19.8. The molecule has 0 aliphatic heterocycles. The fourth-order valence-electron chi connectivity index (χ4n) is 2.37. The molecule has 144 valence electrons. The van der Waals surface area contributed by atoms with E-state index in [0.717, 1.165) is 6.42 Å². The third-order valence-corrected chi connectivity index (χ3v) is 4.27. The van der Waals surface area contributed by atoms with E-state index in [1.165, 1.54) is 7.11 Å². The third-order valence-electron chi connectivity index (χ3n) is 3.68. The highest BCUT2D eigenvalue weighted by atomic mass is 79.9. The molecule has 0 atom stereocenters. The molecule has 6 nitrogen and oxygen atoms in total. The third kappa shape index (κ3) is 5.47. The molecule has 2 amide bonds. The van der Waals surface area contributed by atoms with Gasteiger partial charge < -0.3 is 20.1 Å². The Labute approximate surface area is 167 Å². The van der Waals surface area contributed by atoms with E-state index in [0.29, 0.717) is 45.9 Å². The average molecular weight is 435 g/mol. The van der Waals surface area contributed by atoms with Gasteiger partial charge in [0, 0.05) is 23.4 Å². The molecule has 0 saturated carbocycles. The van der Waals surface area contributed by atoms with Crippen LogP contribution < -0.4 is 20.1 Å².